The first-order valence-corrected chi connectivity index (χ1v) is 10.5. The molecule has 0 atom stereocenters. The third-order valence-electron chi connectivity index (χ3n) is 4.24. The molecule has 0 aromatic heterocycles. The zero-order valence-corrected chi connectivity index (χ0v) is 16.5. The van der Waals surface area contributed by atoms with Gasteiger partial charge in [-0.15, -0.1) is 0 Å². The highest BCUT2D eigenvalue weighted by Crippen LogP contribution is 2.21. The van der Waals surface area contributed by atoms with Crippen LogP contribution in [-0.4, -0.2) is 33.7 Å². The molecule has 0 aliphatic rings. The van der Waals surface area contributed by atoms with Gasteiger partial charge in [0, 0.05) is 12.1 Å². The Morgan fingerprint density at radius 3 is 2.23 bits per heavy atom. The second-order valence-electron chi connectivity index (χ2n) is 6.65. The van der Waals surface area contributed by atoms with E-state index >= 15 is 0 Å². The van der Waals surface area contributed by atoms with Crippen LogP contribution < -0.4 is 9.62 Å². The maximum atomic E-state index is 12.3. The fourth-order valence-electron chi connectivity index (χ4n) is 2.71. The molecule has 2 aromatic rings. The van der Waals surface area contributed by atoms with Crippen LogP contribution in [-0.2, 0) is 10.0 Å². The third kappa shape index (κ3) is 5.08. The van der Waals surface area contributed by atoms with Crippen molar-refractivity contribution in [3.05, 3.63) is 65.2 Å². The van der Waals surface area contributed by atoms with E-state index in [1.165, 1.54) is 10.6 Å². The lowest BCUT2D eigenvalue weighted by Gasteiger charge is -2.23. The lowest BCUT2D eigenvalue weighted by molar-refractivity contribution is 0.0954. The number of sulfonamides is 1. The number of nitrogens with one attached hydrogen (secondary N) is 1. The number of carbonyl (C=O) groups is 1. The molecule has 0 spiro atoms. The zero-order chi connectivity index (χ0) is 19.3. The van der Waals surface area contributed by atoms with Crippen molar-refractivity contribution in [1.29, 1.82) is 0 Å². The summed E-state index contributed by atoms with van der Waals surface area (Å²) in [6, 6.07) is 14.8. The number of rotatable bonds is 7. The van der Waals surface area contributed by atoms with Crippen LogP contribution in [0, 0.1) is 6.92 Å². The predicted octanol–water partition coefficient (Wildman–Crippen LogP) is 3.31. The van der Waals surface area contributed by atoms with Gasteiger partial charge in [-0.2, -0.15) is 0 Å². The molecule has 0 fully saturated rings. The molecule has 1 N–H and O–H groups in total. The molecular weight excluding hydrogens is 348 g/mol. The van der Waals surface area contributed by atoms with E-state index in [-0.39, 0.29) is 19.0 Å². The number of hydrogen-bond donors (Lipinski definition) is 1. The second-order valence-corrected chi connectivity index (χ2v) is 8.56. The van der Waals surface area contributed by atoms with Gasteiger partial charge in [-0.05, 0) is 42.2 Å². The summed E-state index contributed by atoms with van der Waals surface area (Å²) in [5.41, 5.74) is 3.23. The Kier molecular flexibility index (Phi) is 6.42. The van der Waals surface area contributed by atoms with Crippen molar-refractivity contribution in [3.8, 4) is 0 Å². The highest BCUT2D eigenvalue weighted by atomic mass is 32.2. The van der Waals surface area contributed by atoms with E-state index in [4.69, 9.17) is 0 Å². The number of benzene rings is 2. The van der Waals surface area contributed by atoms with E-state index < -0.39 is 10.0 Å². The molecule has 140 valence electrons. The Labute approximate surface area is 156 Å². The summed E-state index contributed by atoms with van der Waals surface area (Å²) in [5, 5.41) is 2.80. The summed E-state index contributed by atoms with van der Waals surface area (Å²) in [7, 11) is -3.44. The van der Waals surface area contributed by atoms with Crippen LogP contribution in [0.25, 0.3) is 0 Å². The average Bonchev–Trinajstić information content (AvgIpc) is 2.58. The average molecular weight is 375 g/mol. The molecule has 0 saturated heterocycles. The quantitative estimate of drug-likeness (QED) is 0.808. The second kappa shape index (κ2) is 8.36. The number of aryl methyl sites for hydroxylation is 1. The molecule has 0 bridgehead atoms. The van der Waals surface area contributed by atoms with Crippen molar-refractivity contribution in [2.24, 2.45) is 0 Å². The van der Waals surface area contributed by atoms with Gasteiger partial charge < -0.3 is 5.32 Å². The van der Waals surface area contributed by atoms with Crippen LogP contribution in [0.5, 0.6) is 0 Å². The van der Waals surface area contributed by atoms with E-state index in [9.17, 15) is 13.2 Å². The lowest BCUT2D eigenvalue weighted by Crippen LogP contribution is -2.38. The molecular formula is C20H26N2O3S. The van der Waals surface area contributed by atoms with Crippen molar-refractivity contribution in [2.75, 3.05) is 23.7 Å². The van der Waals surface area contributed by atoms with Gasteiger partial charge >= 0.3 is 0 Å². The van der Waals surface area contributed by atoms with E-state index in [0.29, 0.717) is 17.2 Å². The molecule has 1 amide bonds. The smallest absolute Gasteiger partial charge is 0.251 e. The summed E-state index contributed by atoms with van der Waals surface area (Å²) in [4.78, 5) is 12.3. The van der Waals surface area contributed by atoms with Crippen molar-refractivity contribution in [3.63, 3.8) is 0 Å². The van der Waals surface area contributed by atoms with Gasteiger partial charge in [0.2, 0.25) is 10.0 Å². The molecule has 0 aliphatic heterocycles. The molecule has 0 heterocycles. The van der Waals surface area contributed by atoms with Crippen molar-refractivity contribution in [1.82, 2.24) is 5.32 Å². The summed E-state index contributed by atoms with van der Waals surface area (Å²) >= 11 is 0. The van der Waals surface area contributed by atoms with Crippen molar-refractivity contribution >= 4 is 21.6 Å². The topological polar surface area (TPSA) is 66.5 Å². The SMILES string of the molecule is Cc1ccccc1C(=O)NCCN(c1ccc(C(C)C)cc1)S(C)(=O)=O. The maximum absolute atomic E-state index is 12.3. The minimum Gasteiger partial charge on any atom is -0.350 e. The first kappa shape index (κ1) is 20.0. The van der Waals surface area contributed by atoms with Gasteiger partial charge in [0.1, 0.15) is 0 Å². The molecule has 2 rings (SSSR count). The van der Waals surface area contributed by atoms with Crippen LogP contribution in [0.3, 0.4) is 0 Å². The summed E-state index contributed by atoms with van der Waals surface area (Å²) in [5.74, 6) is 0.177. The van der Waals surface area contributed by atoms with Gasteiger partial charge in [0.15, 0.2) is 0 Å². The van der Waals surface area contributed by atoms with Crippen molar-refractivity contribution < 1.29 is 13.2 Å². The number of carbonyl (C=O) groups excluding carboxylic acids is 1. The Morgan fingerprint density at radius 1 is 1.08 bits per heavy atom. The third-order valence-corrected chi connectivity index (χ3v) is 5.43. The predicted molar refractivity (Wildman–Crippen MR) is 106 cm³/mol. The van der Waals surface area contributed by atoms with Gasteiger partial charge in [0.05, 0.1) is 18.5 Å². The lowest BCUT2D eigenvalue weighted by atomic mass is 10.0. The maximum Gasteiger partial charge on any atom is 0.251 e. The molecule has 0 unspecified atom stereocenters. The van der Waals surface area contributed by atoms with Crippen LogP contribution in [0.1, 0.15) is 41.3 Å². The molecule has 5 nitrogen and oxygen atoms in total. The number of nitrogens with zero attached hydrogens (tertiary/aromatic N) is 1. The molecule has 6 heteroatoms. The van der Waals surface area contributed by atoms with Crippen molar-refractivity contribution in [2.45, 2.75) is 26.7 Å². The van der Waals surface area contributed by atoms with E-state index in [1.807, 2.05) is 31.2 Å². The number of amides is 1. The monoisotopic (exact) mass is 374 g/mol. The molecule has 2 aromatic carbocycles. The summed E-state index contributed by atoms with van der Waals surface area (Å²) < 4.78 is 25.6. The highest BCUT2D eigenvalue weighted by Gasteiger charge is 2.18. The van der Waals surface area contributed by atoms with Crippen LogP contribution in [0.15, 0.2) is 48.5 Å². The summed E-state index contributed by atoms with van der Waals surface area (Å²) in [6.45, 7) is 6.45. The Bertz CT molecular complexity index is 859. The Balaban J connectivity index is 2.07. The first-order chi connectivity index (χ1) is 12.2. The van der Waals surface area contributed by atoms with E-state index in [2.05, 4.69) is 19.2 Å². The minimum atomic E-state index is -3.44. The highest BCUT2D eigenvalue weighted by molar-refractivity contribution is 7.92. The Hall–Kier alpha value is -2.34. The van der Waals surface area contributed by atoms with Gasteiger partial charge in [-0.1, -0.05) is 44.2 Å². The molecule has 0 radical (unpaired) electrons. The fraction of sp³-hybridized carbons (Fsp3) is 0.350. The standard InChI is InChI=1S/C20H26N2O3S/c1-15(2)17-9-11-18(12-10-17)22(26(4,24)25)14-13-21-20(23)19-8-6-5-7-16(19)3/h5-12,15H,13-14H2,1-4H3,(H,21,23). The summed E-state index contributed by atoms with van der Waals surface area (Å²) in [6.07, 6.45) is 1.17. The molecule has 0 aliphatic carbocycles. The fourth-order valence-corrected chi connectivity index (χ4v) is 3.63. The van der Waals surface area contributed by atoms with Crippen LogP contribution in [0.2, 0.25) is 0 Å². The molecule has 26 heavy (non-hydrogen) atoms. The largest absolute Gasteiger partial charge is 0.350 e. The zero-order valence-electron chi connectivity index (χ0n) is 15.7. The Morgan fingerprint density at radius 2 is 1.69 bits per heavy atom. The first-order valence-electron chi connectivity index (χ1n) is 8.61. The molecule has 0 saturated carbocycles. The van der Waals surface area contributed by atoms with Crippen LogP contribution >= 0.6 is 0 Å². The number of hydrogen-bond acceptors (Lipinski definition) is 3. The van der Waals surface area contributed by atoms with Gasteiger partial charge in [-0.3, -0.25) is 9.10 Å². The van der Waals surface area contributed by atoms with Gasteiger partial charge in [-0.25, -0.2) is 8.42 Å². The van der Waals surface area contributed by atoms with Gasteiger partial charge in [0.25, 0.3) is 5.91 Å². The van der Waals surface area contributed by atoms with E-state index in [1.54, 1.807) is 24.3 Å². The number of anilines is 1. The van der Waals surface area contributed by atoms with Crippen LogP contribution in [0.4, 0.5) is 5.69 Å². The minimum absolute atomic E-state index is 0.178. The normalized spacial score (nSPS) is 11.4. The van der Waals surface area contributed by atoms with E-state index in [0.717, 1.165) is 11.1 Å².